The van der Waals surface area contributed by atoms with E-state index in [9.17, 15) is 0 Å². The normalized spacial score (nSPS) is 11.7. The van der Waals surface area contributed by atoms with Crippen LogP contribution in [0.4, 0.5) is 17.3 Å². The third-order valence-electron chi connectivity index (χ3n) is 4.50. The summed E-state index contributed by atoms with van der Waals surface area (Å²) in [6.45, 7) is 2.63. The summed E-state index contributed by atoms with van der Waals surface area (Å²) in [6, 6.07) is 17.3. The molecule has 162 valence electrons. The number of unbranched alkanes of at least 4 members (excludes halogenated alkanes) is 1. The van der Waals surface area contributed by atoms with Gasteiger partial charge in [-0.2, -0.15) is 0 Å². The third kappa shape index (κ3) is 6.86. The predicted octanol–water partition coefficient (Wildman–Crippen LogP) is 7.16. The molecule has 5 nitrogen and oxygen atoms in total. The van der Waals surface area contributed by atoms with E-state index >= 15 is 0 Å². The number of halogens is 2. The maximum Gasteiger partial charge on any atom is 0.191 e. The van der Waals surface area contributed by atoms with Gasteiger partial charge in [0.2, 0.25) is 0 Å². The van der Waals surface area contributed by atoms with E-state index in [1.54, 1.807) is 11.8 Å². The zero-order valence-corrected chi connectivity index (χ0v) is 19.6. The summed E-state index contributed by atoms with van der Waals surface area (Å²) >= 11 is 14.3. The molecule has 8 heteroatoms. The van der Waals surface area contributed by atoms with Crippen molar-refractivity contribution in [3.8, 4) is 0 Å². The lowest BCUT2D eigenvalue weighted by atomic mass is 10.1. The smallest absolute Gasteiger partial charge is 0.191 e. The van der Waals surface area contributed by atoms with Crippen LogP contribution in [0.15, 0.2) is 59.8 Å². The molecule has 3 rings (SSSR count). The fraction of sp³-hybridized carbons (Fsp3) is 0.261. The molecule has 0 saturated heterocycles. The van der Waals surface area contributed by atoms with Crippen molar-refractivity contribution in [1.82, 2.24) is 9.97 Å². The van der Waals surface area contributed by atoms with Crippen LogP contribution in [0.3, 0.4) is 0 Å². The molecule has 1 aromatic heterocycles. The van der Waals surface area contributed by atoms with E-state index in [0.717, 1.165) is 29.8 Å². The van der Waals surface area contributed by atoms with Gasteiger partial charge in [-0.15, -0.1) is 11.6 Å². The molecule has 1 atom stereocenters. The van der Waals surface area contributed by atoms with E-state index < -0.39 is 0 Å². The molecule has 0 spiro atoms. The molecule has 0 aliphatic carbocycles. The highest BCUT2D eigenvalue weighted by molar-refractivity contribution is 7.99. The summed E-state index contributed by atoms with van der Waals surface area (Å²) in [6.07, 6.45) is 3.44. The number of hydrogen-bond donors (Lipinski definition) is 3. The number of aromatic nitrogens is 2. The topological polar surface area (TPSA) is 73.7 Å². The summed E-state index contributed by atoms with van der Waals surface area (Å²) in [5.74, 6) is 2.06. The molecular weight excluding hydrogens is 449 g/mol. The average molecular weight is 474 g/mol. The maximum absolute atomic E-state index is 7.97. The molecule has 3 aromatic rings. The first-order chi connectivity index (χ1) is 15.1. The third-order valence-corrected chi connectivity index (χ3v) is 6.07. The number of nitrogens with zero attached hydrogens (tertiary/aromatic N) is 2. The zero-order chi connectivity index (χ0) is 22.1. The van der Waals surface area contributed by atoms with Gasteiger partial charge in [0.1, 0.15) is 11.6 Å². The maximum atomic E-state index is 7.97. The van der Waals surface area contributed by atoms with Gasteiger partial charge in [0.25, 0.3) is 0 Å². The quantitative estimate of drug-likeness (QED) is 0.0904. The van der Waals surface area contributed by atoms with E-state index in [0.29, 0.717) is 33.9 Å². The van der Waals surface area contributed by atoms with E-state index in [1.807, 2.05) is 54.6 Å². The minimum atomic E-state index is -0.227. The fourth-order valence-corrected chi connectivity index (χ4v) is 4.20. The molecule has 2 aromatic carbocycles. The Morgan fingerprint density at radius 3 is 2.58 bits per heavy atom. The Balaban J connectivity index is 1.87. The molecule has 0 bridgehead atoms. The molecule has 0 radical (unpaired) electrons. The summed E-state index contributed by atoms with van der Waals surface area (Å²) in [7, 11) is 0. The number of nitrogens with one attached hydrogen (secondary N) is 3. The van der Waals surface area contributed by atoms with Crippen LogP contribution >= 0.6 is 35.0 Å². The Kier molecular flexibility index (Phi) is 9.00. The standard InChI is InChI=1S/C23H25Cl2N5S/c1-2-3-12-31-23-29-21(27-15-20(25)16-8-5-4-6-9-16)19(14-26)22(30-23)28-18-11-7-10-17(24)13-18/h4-11,13-14,20,26H,2-3,12,15H2,1H3,(H2,27,28,29,30). The van der Waals surface area contributed by atoms with E-state index in [4.69, 9.17) is 28.6 Å². The molecule has 0 amide bonds. The van der Waals surface area contributed by atoms with Gasteiger partial charge < -0.3 is 16.0 Å². The second kappa shape index (κ2) is 11.9. The van der Waals surface area contributed by atoms with E-state index in [-0.39, 0.29) is 5.38 Å². The monoisotopic (exact) mass is 473 g/mol. The number of anilines is 3. The number of benzene rings is 2. The van der Waals surface area contributed by atoms with Gasteiger partial charge in [0, 0.05) is 29.2 Å². The van der Waals surface area contributed by atoms with Crippen LogP contribution in [0.1, 0.15) is 36.3 Å². The van der Waals surface area contributed by atoms with Crippen molar-refractivity contribution in [1.29, 1.82) is 5.41 Å². The molecular formula is C23H25Cl2N5S. The Morgan fingerprint density at radius 1 is 1.10 bits per heavy atom. The number of alkyl halides is 1. The zero-order valence-electron chi connectivity index (χ0n) is 17.2. The molecule has 0 aliphatic rings. The van der Waals surface area contributed by atoms with Gasteiger partial charge in [-0.1, -0.05) is 73.1 Å². The first-order valence-corrected chi connectivity index (χ1v) is 11.9. The van der Waals surface area contributed by atoms with Crippen molar-refractivity contribution in [2.75, 3.05) is 22.9 Å². The largest absolute Gasteiger partial charge is 0.367 e. The minimum absolute atomic E-state index is 0.227. The Labute approximate surface area is 197 Å². The summed E-state index contributed by atoms with van der Waals surface area (Å²) in [4.78, 5) is 9.33. The lowest BCUT2D eigenvalue weighted by Crippen LogP contribution is -2.13. The van der Waals surface area contributed by atoms with Crippen molar-refractivity contribution in [2.45, 2.75) is 30.3 Å². The summed E-state index contributed by atoms with van der Waals surface area (Å²) < 4.78 is 0. The van der Waals surface area contributed by atoms with Crippen molar-refractivity contribution in [2.24, 2.45) is 0 Å². The van der Waals surface area contributed by atoms with Gasteiger partial charge >= 0.3 is 0 Å². The summed E-state index contributed by atoms with van der Waals surface area (Å²) in [5.41, 5.74) is 2.39. The van der Waals surface area contributed by atoms with Crippen LogP contribution in [-0.2, 0) is 0 Å². The highest BCUT2D eigenvalue weighted by Gasteiger charge is 2.16. The van der Waals surface area contributed by atoms with Gasteiger partial charge in [-0.25, -0.2) is 9.97 Å². The average Bonchev–Trinajstić information content (AvgIpc) is 2.78. The van der Waals surface area contributed by atoms with E-state index in [2.05, 4.69) is 27.5 Å². The number of rotatable bonds is 11. The molecule has 31 heavy (non-hydrogen) atoms. The molecule has 1 heterocycles. The van der Waals surface area contributed by atoms with Crippen molar-refractivity contribution in [3.63, 3.8) is 0 Å². The number of hydrogen-bond acceptors (Lipinski definition) is 6. The van der Waals surface area contributed by atoms with Crippen molar-refractivity contribution in [3.05, 3.63) is 70.7 Å². The van der Waals surface area contributed by atoms with Crippen LogP contribution in [0, 0.1) is 5.41 Å². The van der Waals surface area contributed by atoms with Crippen molar-refractivity contribution < 1.29 is 0 Å². The molecule has 0 fully saturated rings. The Bertz CT molecular complexity index is 1000. The highest BCUT2D eigenvalue weighted by atomic mass is 35.5. The second-order valence-electron chi connectivity index (χ2n) is 6.86. The molecule has 1 unspecified atom stereocenters. The van der Waals surface area contributed by atoms with Gasteiger partial charge in [-0.3, -0.25) is 0 Å². The van der Waals surface area contributed by atoms with Gasteiger partial charge in [-0.05, 0) is 30.2 Å². The lowest BCUT2D eigenvalue weighted by molar-refractivity contribution is 0.886. The predicted molar refractivity (Wildman–Crippen MR) is 134 cm³/mol. The second-order valence-corrected chi connectivity index (χ2v) is 8.88. The minimum Gasteiger partial charge on any atom is -0.367 e. The van der Waals surface area contributed by atoms with Crippen LogP contribution in [-0.4, -0.2) is 28.5 Å². The van der Waals surface area contributed by atoms with Gasteiger partial charge in [0.15, 0.2) is 5.16 Å². The fourth-order valence-electron chi connectivity index (χ4n) is 2.86. The lowest BCUT2D eigenvalue weighted by Gasteiger charge is -2.17. The van der Waals surface area contributed by atoms with Crippen LogP contribution in [0.2, 0.25) is 5.02 Å². The highest BCUT2D eigenvalue weighted by Crippen LogP contribution is 2.29. The van der Waals surface area contributed by atoms with Gasteiger partial charge in [0.05, 0.1) is 10.9 Å². The van der Waals surface area contributed by atoms with Crippen LogP contribution in [0.25, 0.3) is 0 Å². The molecule has 3 N–H and O–H groups in total. The first-order valence-electron chi connectivity index (χ1n) is 10.1. The summed E-state index contributed by atoms with van der Waals surface area (Å²) in [5, 5.41) is 15.6. The van der Waals surface area contributed by atoms with Crippen molar-refractivity contribution >= 4 is 58.5 Å². The van der Waals surface area contributed by atoms with E-state index in [1.165, 1.54) is 6.21 Å². The first kappa shape index (κ1) is 23.4. The Hall–Kier alpha value is -2.28. The number of thioether (sulfide) groups is 1. The van der Waals surface area contributed by atoms with Crippen LogP contribution < -0.4 is 10.6 Å². The molecule has 0 saturated carbocycles. The Morgan fingerprint density at radius 2 is 1.87 bits per heavy atom. The SMILES string of the molecule is CCCCSc1nc(NCC(Cl)c2ccccc2)c(C=N)c(Nc2cccc(Cl)c2)n1. The molecule has 0 aliphatic heterocycles. The van der Waals surface area contributed by atoms with Crippen LogP contribution in [0.5, 0.6) is 0 Å².